The lowest BCUT2D eigenvalue weighted by atomic mass is 10.1. The Labute approximate surface area is 177 Å². The van der Waals surface area contributed by atoms with Crippen LogP contribution in [0.1, 0.15) is 35.0 Å². The minimum absolute atomic E-state index is 0.113. The molecule has 0 aliphatic rings. The van der Waals surface area contributed by atoms with Crippen molar-refractivity contribution in [2.45, 2.75) is 44.8 Å². The van der Waals surface area contributed by atoms with Crippen molar-refractivity contribution in [2.24, 2.45) is 5.10 Å². The first-order valence-electron chi connectivity index (χ1n) is 9.68. The number of aryl methyl sites for hydroxylation is 3. The highest BCUT2D eigenvalue weighted by Gasteiger charge is 2.14. The van der Waals surface area contributed by atoms with Crippen LogP contribution in [0, 0.1) is 27.7 Å². The van der Waals surface area contributed by atoms with E-state index >= 15 is 0 Å². The molecule has 1 unspecified atom stereocenters. The molecule has 0 radical (unpaired) electrons. The molecule has 5 heteroatoms. The summed E-state index contributed by atoms with van der Waals surface area (Å²) in [7, 11) is 0. The normalized spacial score (nSPS) is 12.3. The fourth-order valence-electron chi connectivity index (χ4n) is 3.36. The van der Waals surface area contributed by atoms with Crippen molar-refractivity contribution in [3.05, 3.63) is 82.7 Å². The summed E-state index contributed by atoms with van der Waals surface area (Å²) >= 11 is 1.52. The molecule has 0 saturated heterocycles. The van der Waals surface area contributed by atoms with Gasteiger partial charge in [0.1, 0.15) is 0 Å². The molecule has 150 valence electrons. The average molecular weight is 406 g/mol. The van der Waals surface area contributed by atoms with Crippen LogP contribution in [-0.2, 0) is 4.79 Å². The van der Waals surface area contributed by atoms with Gasteiger partial charge >= 0.3 is 0 Å². The van der Waals surface area contributed by atoms with E-state index in [0.717, 1.165) is 21.8 Å². The number of hydrogen-bond acceptors (Lipinski definition) is 3. The van der Waals surface area contributed by atoms with Gasteiger partial charge in [0.2, 0.25) is 0 Å². The highest BCUT2D eigenvalue weighted by Crippen LogP contribution is 2.24. The summed E-state index contributed by atoms with van der Waals surface area (Å²) in [6.07, 6.45) is 1.72. The Morgan fingerprint density at radius 3 is 2.48 bits per heavy atom. The van der Waals surface area contributed by atoms with Crippen LogP contribution in [0.5, 0.6) is 0 Å². The minimum Gasteiger partial charge on any atom is -0.318 e. The molecule has 0 saturated carbocycles. The Bertz CT molecular complexity index is 1040. The average Bonchev–Trinajstić information content (AvgIpc) is 2.96. The molecule has 3 aromatic rings. The molecule has 0 aliphatic heterocycles. The molecule has 1 aromatic heterocycles. The van der Waals surface area contributed by atoms with E-state index in [1.165, 1.54) is 28.6 Å². The third kappa shape index (κ3) is 4.98. The van der Waals surface area contributed by atoms with Gasteiger partial charge in [-0.3, -0.25) is 4.79 Å². The Morgan fingerprint density at radius 2 is 1.79 bits per heavy atom. The predicted octanol–water partition coefficient (Wildman–Crippen LogP) is 5.34. The topological polar surface area (TPSA) is 46.4 Å². The van der Waals surface area contributed by atoms with Crippen LogP contribution < -0.4 is 5.43 Å². The highest BCUT2D eigenvalue weighted by molar-refractivity contribution is 8.00. The van der Waals surface area contributed by atoms with Crippen LogP contribution in [0.2, 0.25) is 0 Å². The number of carbonyl (C=O) groups is 1. The standard InChI is InChI=1S/C24H27N3OS/c1-16-11-12-23(17(2)13-16)27-18(3)14-21(19(27)4)15-25-26-24(28)20(5)29-22-9-7-6-8-10-22/h6-15,20H,1-5H3,(H,26,28)/b25-15+. The number of rotatable bonds is 6. The van der Waals surface area contributed by atoms with E-state index in [2.05, 4.69) is 67.1 Å². The van der Waals surface area contributed by atoms with Gasteiger partial charge in [0.25, 0.3) is 5.91 Å². The maximum Gasteiger partial charge on any atom is 0.253 e. The van der Waals surface area contributed by atoms with Crippen LogP contribution in [-0.4, -0.2) is 21.9 Å². The molecule has 1 N–H and O–H groups in total. The zero-order valence-electron chi connectivity index (χ0n) is 17.6. The van der Waals surface area contributed by atoms with Crippen molar-refractivity contribution in [3.8, 4) is 5.69 Å². The molecule has 29 heavy (non-hydrogen) atoms. The van der Waals surface area contributed by atoms with Crippen molar-refractivity contribution in [1.82, 2.24) is 9.99 Å². The molecule has 0 bridgehead atoms. The Kier molecular flexibility index (Phi) is 6.60. The van der Waals surface area contributed by atoms with E-state index in [9.17, 15) is 4.79 Å². The molecular formula is C24H27N3OS. The Morgan fingerprint density at radius 1 is 1.07 bits per heavy atom. The SMILES string of the molecule is Cc1ccc(-n2c(C)cc(/C=N/NC(=O)C(C)Sc3ccccc3)c2C)c(C)c1. The third-order valence-corrected chi connectivity index (χ3v) is 5.98. The van der Waals surface area contributed by atoms with Crippen LogP contribution in [0.3, 0.4) is 0 Å². The Hall–Kier alpha value is -2.79. The van der Waals surface area contributed by atoms with Crippen LogP contribution >= 0.6 is 11.8 Å². The van der Waals surface area contributed by atoms with E-state index in [4.69, 9.17) is 0 Å². The van der Waals surface area contributed by atoms with Crippen molar-refractivity contribution >= 4 is 23.9 Å². The molecule has 1 amide bonds. The molecule has 0 spiro atoms. The smallest absolute Gasteiger partial charge is 0.253 e. The summed E-state index contributed by atoms with van der Waals surface area (Å²) in [4.78, 5) is 13.4. The molecule has 3 rings (SSSR count). The number of nitrogens with zero attached hydrogens (tertiary/aromatic N) is 2. The second-order valence-corrected chi connectivity index (χ2v) is 8.67. The van der Waals surface area contributed by atoms with Gasteiger partial charge in [0, 0.05) is 27.5 Å². The molecule has 4 nitrogen and oxygen atoms in total. The van der Waals surface area contributed by atoms with Gasteiger partial charge in [-0.05, 0) is 64.4 Å². The maximum absolute atomic E-state index is 12.3. The summed E-state index contributed by atoms with van der Waals surface area (Å²) < 4.78 is 2.23. The summed E-state index contributed by atoms with van der Waals surface area (Å²) in [6.45, 7) is 10.3. The van der Waals surface area contributed by atoms with Crippen molar-refractivity contribution < 1.29 is 4.79 Å². The molecule has 1 heterocycles. The fraction of sp³-hybridized carbons (Fsp3) is 0.250. The second-order valence-electron chi connectivity index (χ2n) is 7.26. The number of aromatic nitrogens is 1. The first-order valence-corrected chi connectivity index (χ1v) is 10.6. The molecule has 2 aromatic carbocycles. The molecular weight excluding hydrogens is 378 g/mol. The summed E-state index contributed by atoms with van der Waals surface area (Å²) in [6, 6.07) is 18.5. The second kappa shape index (κ2) is 9.14. The lowest BCUT2D eigenvalue weighted by Gasteiger charge is -2.13. The molecule has 0 fully saturated rings. The third-order valence-electron chi connectivity index (χ3n) is 4.87. The van der Waals surface area contributed by atoms with Crippen LogP contribution in [0.25, 0.3) is 5.69 Å². The molecule has 0 aliphatic carbocycles. The van der Waals surface area contributed by atoms with Crippen molar-refractivity contribution in [2.75, 3.05) is 0 Å². The maximum atomic E-state index is 12.3. The van der Waals surface area contributed by atoms with E-state index in [-0.39, 0.29) is 11.2 Å². The van der Waals surface area contributed by atoms with Gasteiger partial charge in [-0.1, -0.05) is 35.9 Å². The lowest BCUT2D eigenvalue weighted by molar-refractivity contribution is -0.120. The predicted molar refractivity (Wildman–Crippen MR) is 122 cm³/mol. The highest BCUT2D eigenvalue weighted by atomic mass is 32.2. The van der Waals surface area contributed by atoms with Gasteiger partial charge in [-0.15, -0.1) is 11.8 Å². The van der Waals surface area contributed by atoms with E-state index in [1.54, 1.807) is 6.21 Å². The summed E-state index contributed by atoms with van der Waals surface area (Å²) in [5.41, 5.74) is 9.54. The largest absolute Gasteiger partial charge is 0.318 e. The number of thioether (sulfide) groups is 1. The number of hydrogen-bond donors (Lipinski definition) is 1. The summed E-state index contributed by atoms with van der Waals surface area (Å²) in [5, 5.41) is 3.97. The Balaban J connectivity index is 1.70. The van der Waals surface area contributed by atoms with Crippen molar-refractivity contribution in [1.29, 1.82) is 0 Å². The number of benzene rings is 2. The number of hydrazone groups is 1. The van der Waals surface area contributed by atoms with E-state index in [0.29, 0.717) is 0 Å². The summed E-state index contributed by atoms with van der Waals surface area (Å²) in [5.74, 6) is -0.113. The first-order chi connectivity index (χ1) is 13.9. The monoisotopic (exact) mass is 405 g/mol. The van der Waals surface area contributed by atoms with E-state index in [1.807, 2.05) is 37.3 Å². The minimum atomic E-state index is -0.225. The van der Waals surface area contributed by atoms with Crippen molar-refractivity contribution in [3.63, 3.8) is 0 Å². The van der Waals surface area contributed by atoms with Crippen LogP contribution in [0.15, 0.2) is 64.6 Å². The van der Waals surface area contributed by atoms with Gasteiger partial charge < -0.3 is 4.57 Å². The number of amides is 1. The number of carbonyl (C=O) groups excluding carboxylic acids is 1. The fourth-order valence-corrected chi connectivity index (χ4v) is 4.24. The first kappa shape index (κ1) is 20.9. The van der Waals surface area contributed by atoms with Crippen LogP contribution in [0.4, 0.5) is 0 Å². The number of nitrogens with one attached hydrogen (secondary N) is 1. The van der Waals surface area contributed by atoms with Gasteiger partial charge in [0.05, 0.1) is 11.5 Å². The van der Waals surface area contributed by atoms with E-state index < -0.39 is 0 Å². The van der Waals surface area contributed by atoms with Gasteiger partial charge in [0.15, 0.2) is 0 Å². The lowest BCUT2D eigenvalue weighted by Crippen LogP contribution is -2.26. The van der Waals surface area contributed by atoms with Gasteiger partial charge in [-0.25, -0.2) is 5.43 Å². The zero-order chi connectivity index (χ0) is 21.0. The quantitative estimate of drug-likeness (QED) is 0.342. The molecule has 1 atom stereocenters. The van der Waals surface area contributed by atoms with Gasteiger partial charge in [-0.2, -0.15) is 5.10 Å². The zero-order valence-corrected chi connectivity index (χ0v) is 18.4.